The average molecular weight is 265 g/mol. The first-order chi connectivity index (χ1) is 8.04. The van der Waals surface area contributed by atoms with Gasteiger partial charge in [-0.3, -0.25) is 4.79 Å². The van der Waals surface area contributed by atoms with Crippen molar-refractivity contribution in [2.75, 3.05) is 6.61 Å². The van der Waals surface area contributed by atoms with Crippen molar-refractivity contribution in [1.82, 2.24) is 0 Å². The van der Waals surface area contributed by atoms with Gasteiger partial charge in [0.05, 0.1) is 18.1 Å². The van der Waals surface area contributed by atoms with Gasteiger partial charge in [0.1, 0.15) is 5.75 Å². The Kier molecular flexibility index (Phi) is 5.15. The first kappa shape index (κ1) is 13.7. The second-order valence-corrected chi connectivity index (χ2v) is 3.50. The Hall–Kier alpha value is -1.36. The number of carbonyl (C=O) groups excluding carboxylic acids is 1. The highest BCUT2D eigenvalue weighted by Gasteiger charge is 2.16. The van der Waals surface area contributed by atoms with Gasteiger partial charge in [-0.15, -0.1) is 0 Å². The van der Waals surface area contributed by atoms with Crippen molar-refractivity contribution in [3.8, 4) is 5.75 Å². The lowest BCUT2D eigenvalue weighted by molar-refractivity contribution is -0.142. The van der Waals surface area contributed by atoms with E-state index >= 15 is 0 Å². The Labute approximate surface area is 102 Å². The molecular weight excluding hydrogens is 254 g/mol. The third-order valence-corrected chi connectivity index (χ3v) is 2.19. The highest BCUT2D eigenvalue weighted by atomic mass is 35.5. The summed E-state index contributed by atoms with van der Waals surface area (Å²) in [6, 6.07) is 4.45. The van der Waals surface area contributed by atoms with Gasteiger partial charge in [0, 0.05) is 5.56 Å². The summed E-state index contributed by atoms with van der Waals surface area (Å²) in [6.45, 7) is -1.10. The molecule has 1 rings (SSSR count). The SMILES string of the molecule is CCOC(=O)Cc1cccc(Cl)c1OC(F)F. The number of hydrogen-bond acceptors (Lipinski definition) is 3. The van der Waals surface area contributed by atoms with Crippen molar-refractivity contribution in [3.63, 3.8) is 0 Å². The van der Waals surface area contributed by atoms with Crippen molar-refractivity contribution in [3.05, 3.63) is 28.8 Å². The zero-order valence-electron chi connectivity index (χ0n) is 9.08. The molecule has 94 valence electrons. The average Bonchev–Trinajstić information content (AvgIpc) is 2.23. The summed E-state index contributed by atoms with van der Waals surface area (Å²) in [4.78, 5) is 11.3. The van der Waals surface area contributed by atoms with Crippen molar-refractivity contribution < 1.29 is 23.0 Å². The van der Waals surface area contributed by atoms with Crippen molar-refractivity contribution in [2.45, 2.75) is 20.0 Å². The molecule has 0 aliphatic heterocycles. The Balaban J connectivity index is 2.90. The third-order valence-electron chi connectivity index (χ3n) is 1.90. The molecule has 0 aliphatic rings. The van der Waals surface area contributed by atoms with Gasteiger partial charge in [0.15, 0.2) is 0 Å². The molecule has 0 amide bonds. The van der Waals surface area contributed by atoms with Crippen molar-refractivity contribution in [1.29, 1.82) is 0 Å². The molecule has 0 aromatic heterocycles. The van der Waals surface area contributed by atoms with E-state index in [0.29, 0.717) is 0 Å². The molecule has 0 fully saturated rings. The number of halogens is 3. The van der Waals surface area contributed by atoms with E-state index in [4.69, 9.17) is 16.3 Å². The van der Waals surface area contributed by atoms with Crippen LogP contribution in [0.2, 0.25) is 5.02 Å². The molecule has 17 heavy (non-hydrogen) atoms. The molecule has 3 nitrogen and oxygen atoms in total. The molecular formula is C11H11ClF2O3. The first-order valence-electron chi connectivity index (χ1n) is 4.92. The van der Waals surface area contributed by atoms with Gasteiger partial charge in [-0.25, -0.2) is 0 Å². The fraction of sp³-hybridized carbons (Fsp3) is 0.364. The highest BCUT2D eigenvalue weighted by Crippen LogP contribution is 2.30. The second kappa shape index (κ2) is 6.39. The van der Waals surface area contributed by atoms with Gasteiger partial charge in [-0.1, -0.05) is 23.7 Å². The molecule has 0 saturated heterocycles. The molecule has 0 unspecified atom stereocenters. The molecule has 0 radical (unpaired) electrons. The Morgan fingerprint density at radius 3 is 2.76 bits per heavy atom. The van der Waals surface area contributed by atoms with E-state index in [1.54, 1.807) is 13.0 Å². The predicted molar refractivity (Wildman–Crippen MR) is 58.4 cm³/mol. The number of hydrogen-bond donors (Lipinski definition) is 0. The molecule has 6 heteroatoms. The van der Waals surface area contributed by atoms with Crippen LogP contribution in [0, 0.1) is 0 Å². The van der Waals surface area contributed by atoms with Gasteiger partial charge in [0.2, 0.25) is 0 Å². The summed E-state index contributed by atoms with van der Waals surface area (Å²) < 4.78 is 33.3. The van der Waals surface area contributed by atoms with Crippen LogP contribution in [0.1, 0.15) is 12.5 Å². The van der Waals surface area contributed by atoms with Crippen LogP contribution in [-0.2, 0) is 16.0 Å². The van der Waals surface area contributed by atoms with Gasteiger partial charge in [0.25, 0.3) is 0 Å². The van der Waals surface area contributed by atoms with E-state index in [2.05, 4.69) is 4.74 Å². The lowest BCUT2D eigenvalue weighted by atomic mass is 10.1. The van der Waals surface area contributed by atoms with Crippen LogP contribution in [0.3, 0.4) is 0 Å². The summed E-state index contributed by atoms with van der Waals surface area (Å²) in [5, 5.41) is 0.0344. The molecule has 0 atom stereocenters. The van der Waals surface area contributed by atoms with E-state index < -0.39 is 12.6 Å². The maximum absolute atomic E-state index is 12.2. The zero-order valence-corrected chi connectivity index (χ0v) is 9.84. The summed E-state index contributed by atoms with van der Waals surface area (Å²) >= 11 is 5.72. The zero-order chi connectivity index (χ0) is 12.8. The fourth-order valence-corrected chi connectivity index (χ4v) is 1.52. The lowest BCUT2D eigenvalue weighted by Crippen LogP contribution is -2.11. The minimum Gasteiger partial charge on any atom is -0.466 e. The Bertz CT molecular complexity index is 396. The molecule has 0 heterocycles. The molecule has 1 aromatic rings. The van der Waals surface area contributed by atoms with Crippen LogP contribution in [0.5, 0.6) is 5.75 Å². The largest absolute Gasteiger partial charge is 0.466 e. The number of alkyl halides is 2. The van der Waals surface area contributed by atoms with Gasteiger partial charge in [-0.05, 0) is 13.0 Å². The smallest absolute Gasteiger partial charge is 0.387 e. The monoisotopic (exact) mass is 264 g/mol. The normalized spacial score (nSPS) is 10.4. The fourth-order valence-electron chi connectivity index (χ4n) is 1.28. The topological polar surface area (TPSA) is 35.5 Å². The molecule has 0 aliphatic carbocycles. The van der Waals surface area contributed by atoms with Gasteiger partial charge in [-0.2, -0.15) is 8.78 Å². The van der Waals surface area contributed by atoms with E-state index in [9.17, 15) is 13.6 Å². The lowest BCUT2D eigenvalue weighted by Gasteiger charge is -2.11. The van der Waals surface area contributed by atoms with Crippen LogP contribution >= 0.6 is 11.6 Å². The quantitative estimate of drug-likeness (QED) is 0.767. The number of carbonyl (C=O) groups is 1. The number of esters is 1. The molecule has 1 aromatic carbocycles. The third kappa shape index (κ3) is 4.19. The summed E-state index contributed by atoms with van der Waals surface area (Å²) in [6.07, 6.45) is -0.156. The van der Waals surface area contributed by atoms with Crippen molar-refractivity contribution >= 4 is 17.6 Å². The molecule has 0 bridgehead atoms. The maximum Gasteiger partial charge on any atom is 0.387 e. The predicted octanol–water partition coefficient (Wildman–Crippen LogP) is 3.05. The van der Waals surface area contributed by atoms with Crippen LogP contribution in [0.25, 0.3) is 0 Å². The molecule has 0 saturated carbocycles. The number of ether oxygens (including phenoxy) is 2. The summed E-state index contributed by atoms with van der Waals surface area (Å²) in [5.41, 5.74) is 0.274. The minimum atomic E-state index is -2.99. The number of benzene rings is 1. The van der Waals surface area contributed by atoms with E-state index in [1.807, 2.05) is 0 Å². The summed E-state index contributed by atoms with van der Waals surface area (Å²) in [7, 11) is 0. The molecule has 0 spiro atoms. The maximum atomic E-state index is 12.2. The Morgan fingerprint density at radius 1 is 1.47 bits per heavy atom. The Morgan fingerprint density at radius 2 is 2.18 bits per heavy atom. The second-order valence-electron chi connectivity index (χ2n) is 3.09. The standard InChI is InChI=1S/C11H11ClF2O3/c1-2-16-9(15)6-7-4-3-5-8(12)10(7)17-11(13)14/h3-5,11H,2,6H2,1H3. The van der Waals surface area contributed by atoms with Crippen LogP contribution < -0.4 is 4.74 Å². The minimum absolute atomic E-state index is 0.0344. The van der Waals surface area contributed by atoms with E-state index in [0.717, 1.165) is 0 Å². The van der Waals surface area contributed by atoms with E-state index in [-0.39, 0.29) is 29.4 Å². The molecule has 0 N–H and O–H groups in total. The highest BCUT2D eigenvalue weighted by molar-refractivity contribution is 6.32. The first-order valence-corrected chi connectivity index (χ1v) is 5.30. The van der Waals surface area contributed by atoms with Gasteiger partial charge < -0.3 is 9.47 Å². The number of rotatable bonds is 5. The van der Waals surface area contributed by atoms with E-state index in [1.165, 1.54) is 12.1 Å². The summed E-state index contributed by atoms with van der Waals surface area (Å²) in [5.74, 6) is -0.703. The van der Waals surface area contributed by atoms with Gasteiger partial charge >= 0.3 is 12.6 Å². The van der Waals surface area contributed by atoms with Crippen LogP contribution in [0.4, 0.5) is 8.78 Å². The van der Waals surface area contributed by atoms with Crippen molar-refractivity contribution in [2.24, 2.45) is 0 Å². The van der Waals surface area contributed by atoms with Crippen LogP contribution in [-0.4, -0.2) is 19.2 Å². The number of para-hydroxylation sites is 1. The van der Waals surface area contributed by atoms with Crippen LogP contribution in [0.15, 0.2) is 18.2 Å².